The second-order valence-electron chi connectivity index (χ2n) is 4.89. The molecule has 1 aliphatic rings. The van der Waals surface area contributed by atoms with Crippen LogP contribution in [-0.2, 0) is 11.2 Å². The molecule has 2 N–H and O–H groups in total. The van der Waals surface area contributed by atoms with Crippen molar-refractivity contribution in [3.05, 3.63) is 30.1 Å². The Morgan fingerprint density at radius 2 is 2.24 bits per heavy atom. The highest BCUT2D eigenvalue weighted by atomic mass is 16.5. The molecule has 0 amide bonds. The van der Waals surface area contributed by atoms with E-state index in [9.17, 15) is 0 Å². The first-order valence-electron chi connectivity index (χ1n) is 6.60. The smallest absolute Gasteiger partial charge is 0.0576 e. The predicted molar refractivity (Wildman–Crippen MR) is 68.7 cm³/mol. The highest BCUT2D eigenvalue weighted by Gasteiger charge is 2.15. The van der Waals surface area contributed by atoms with Crippen LogP contribution in [0.5, 0.6) is 0 Å². The summed E-state index contributed by atoms with van der Waals surface area (Å²) < 4.78 is 5.60. The molecule has 1 aliphatic heterocycles. The van der Waals surface area contributed by atoms with Crippen LogP contribution >= 0.6 is 0 Å². The lowest BCUT2D eigenvalue weighted by atomic mass is 10.0. The molecule has 2 heterocycles. The van der Waals surface area contributed by atoms with Gasteiger partial charge in [0.05, 0.1) is 6.10 Å². The molecule has 3 nitrogen and oxygen atoms in total. The van der Waals surface area contributed by atoms with E-state index < -0.39 is 0 Å². The van der Waals surface area contributed by atoms with E-state index in [0.29, 0.717) is 6.10 Å². The second kappa shape index (κ2) is 6.72. The van der Waals surface area contributed by atoms with Gasteiger partial charge in [0.25, 0.3) is 0 Å². The first-order valence-corrected chi connectivity index (χ1v) is 6.60. The summed E-state index contributed by atoms with van der Waals surface area (Å²) in [6.45, 7) is 0.952. The van der Waals surface area contributed by atoms with Gasteiger partial charge in [0, 0.05) is 25.0 Å². The van der Waals surface area contributed by atoms with Crippen molar-refractivity contribution in [3.8, 4) is 0 Å². The number of ether oxygens (including phenoxy) is 1. The van der Waals surface area contributed by atoms with Crippen LogP contribution in [-0.4, -0.2) is 23.7 Å². The standard InChI is InChI=1S/C14H22N2O/c15-13(11-12-6-8-16-9-7-12)3-1-4-14-5-2-10-17-14/h6-9,13-14H,1-5,10-11,15H2. The van der Waals surface area contributed by atoms with Crippen LogP contribution in [0.4, 0.5) is 0 Å². The van der Waals surface area contributed by atoms with Crippen molar-refractivity contribution in [1.29, 1.82) is 0 Å². The Morgan fingerprint density at radius 1 is 1.41 bits per heavy atom. The van der Waals surface area contributed by atoms with Crippen molar-refractivity contribution < 1.29 is 4.74 Å². The number of pyridine rings is 1. The summed E-state index contributed by atoms with van der Waals surface area (Å²) in [4.78, 5) is 4.01. The van der Waals surface area contributed by atoms with Gasteiger partial charge < -0.3 is 10.5 Å². The molecule has 0 bridgehead atoms. The topological polar surface area (TPSA) is 48.1 Å². The Kier molecular flexibility index (Phi) is 4.95. The average molecular weight is 234 g/mol. The quantitative estimate of drug-likeness (QED) is 0.821. The molecule has 2 unspecified atom stereocenters. The number of nitrogens with two attached hydrogens (primary N) is 1. The van der Waals surface area contributed by atoms with Crippen molar-refractivity contribution in [2.45, 2.75) is 50.7 Å². The van der Waals surface area contributed by atoms with Crippen molar-refractivity contribution in [2.24, 2.45) is 5.73 Å². The number of nitrogens with zero attached hydrogens (tertiary/aromatic N) is 1. The summed E-state index contributed by atoms with van der Waals surface area (Å²) in [5.74, 6) is 0. The lowest BCUT2D eigenvalue weighted by molar-refractivity contribution is 0.101. The van der Waals surface area contributed by atoms with E-state index in [2.05, 4.69) is 4.98 Å². The summed E-state index contributed by atoms with van der Waals surface area (Å²) in [6, 6.07) is 4.35. The van der Waals surface area contributed by atoms with Crippen LogP contribution in [0, 0.1) is 0 Å². The molecule has 0 saturated carbocycles. The van der Waals surface area contributed by atoms with E-state index in [1.54, 1.807) is 0 Å². The van der Waals surface area contributed by atoms with Gasteiger partial charge in [-0.05, 0) is 56.2 Å². The normalized spacial score (nSPS) is 21.6. The minimum atomic E-state index is 0.263. The zero-order valence-corrected chi connectivity index (χ0v) is 10.3. The summed E-state index contributed by atoms with van der Waals surface area (Å²) >= 11 is 0. The number of aromatic nitrogens is 1. The molecule has 17 heavy (non-hydrogen) atoms. The van der Waals surface area contributed by atoms with Crippen molar-refractivity contribution >= 4 is 0 Å². The SMILES string of the molecule is NC(CCCC1CCCO1)Cc1ccncc1. The van der Waals surface area contributed by atoms with Gasteiger partial charge >= 0.3 is 0 Å². The molecule has 1 fully saturated rings. The van der Waals surface area contributed by atoms with E-state index in [4.69, 9.17) is 10.5 Å². The summed E-state index contributed by atoms with van der Waals surface area (Å²) in [7, 11) is 0. The van der Waals surface area contributed by atoms with Gasteiger partial charge in [0.15, 0.2) is 0 Å². The molecule has 94 valence electrons. The summed E-state index contributed by atoms with van der Waals surface area (Å²) in [6.07, 6.45) is 11.0. The molecule has 0 radical (unpaired) electrons. The van der Waals surface area contributed by atoms with E-state index in [0.717, 1.165) is 19.4 Å². The third kappa shape index (κ3) is 4.44. The number of hydrogen-bond donors (Lipinski definition) is 1. The molecule has 1 aromatic heterocycles. The molecule has 2 atom stereocenters. The lowest BCUT2D eigenvalue weighted by Crippen LogP contribution is -2.23. The first-order chi connectivity index (χ1) is 8.34. The maximum absolute atomic E-state index is 6.13. The van der Waals surface area contributed by atoms with Crippen molar-refractivity contribution in [2.75, 3.05) is 6.61 Å². The lowest BCUT2D eigenvalue weighted by Gasteiger charge is -2.13. The maximum Gasteiger partial charge on any atom is 0.0576 e. The molecule has 0 spiro atoms. The molecule has 0 aliphatic carbocycles. The fourth-order valence-electron chi connectivity index (χ4n) is 2.40. The largest absolute Gasteiger partial charge is 0.378 e. The van der Waals surface area contributed by atoms with Gasteiger partial charge in [-0.15, -0.1) is 0 Å². The molecule has 2 rings (SSSR count). The minimum absolute atomic E-state index is 0.263. The van der Waals surface area contributed by atoms with Gasteiger partial charge in [0.1, 0.15) is 0 Å². The van der Waals surface area contributed by atoms with Gasteiger partial charge in [-0.3, -0.25) is 4.98 Å². The van der Waals surface area contributed by atoms with Crippen LogP contribution in [0.2, 0.25) is 0 Å². The third-order valence-electron chi connectivity index (χ3n) is 3.37. The maximum atomic E-state index is 6.13. The minimum Gasteiger partial charge on any atom is -0.378 e. The molecule has 3 heteroatoms. The monoisotopic (exact) mass is 234 g/mol. The number of hydrogen-bond acceptors (Lipinski definition) is 3. The number of rotatable bonds is 6. The van der Waals surface area contributed by atoms with Crippen LogP contribution in [0.15, 0.2) is 24.5 Å². The van der Waals surface area contributed by atoms with E-state index >= 15 is 0 Å². The van der Waals surface area contributed by atoms with Gasteiger partial charge in [-0.1, -0.05) is 0 Å². The highest BCUT2D eigenvalue weighted by molar-refractivity contribution is 5.10. The molecular weight excluding hydrogens is 212 g/mol. The zero-order chi connectivity index (χ0) is 11.9. The average Bonchev–Trinajstić information content (AvgIpc) is 2.83. The predicted octanol–water partition coefficient (Wildman–Crippen LogP) is 2.30. The third-order valence-corrected chi connectivity index (χ3v) is 3.37. The Bertz CT molecular complexity index is 309. The fourth-order valence-corrected chi connectivity index (χ4v) is 2.40. The zero-order valence-electron chi connectivity index (χ0n) is 10.3. The molecule has 0 aromatic carbocycles. The summed E-state index contributed by atoms with van der Waals surface area (Å²) in [5, 5.41) is 0. The van der Waals surface area contributed by atoms with Crippen LogP contribution in [0.3, 0.4) is 0 Å². The van der Waals surface area contributed by atoms with Gasteiger partial charge in [0.2, 0.25) is 0 Å². The van der Waals surface area contributed by atoms with Crippen LogP contribution in [0.25, 0.3) is 0 Å². The molecule has 1 saturated heterocycles. The highest BCUT2D eigenvalue weighted by Crippen LogP contribution is 2.18. The van der Waals surface area contributed by atoms with E-state index in [1.807, 2.05) is 24.5 Å². The van der Waals surface area contributed by atoms with Crippen molar-refractivity contribution in [3.63, 3.8) is 0 Å². The summed E-state index contributed by atoms with van der Waals surface area (Å²) in [5.41, 5.74) is 7.41. The molecular formula is C14H22N2O. The van der Waals surface area contributed by atoms with Crippen LogP contribution < -0.4 is 5.73 Å². The van der Waals surface area contributed by atoms with E-state index in [1.165, 1.54) is 31.2 Å². The van der Waals surface area contributed by atoms with Crippen molar-refractivity contribution in [1.82, 2.24) is 4.98 Å². The Hall–Kier alpha value is -0.930. The molecule has 1 aromatic rings. The van der Waals surface area contributed by atoms with Gasteiger partial charge in [-0.25, -0.2) is 0 Å². The van der Waals surface area contributed by atoms with E-state index in [-0.39, 0.29) is 6.04 Å². The Balaban J connectivity index is 1.62. The fraction of sp³-hybridized carbons (Fsp3) is 0.643. The first kappa shape index (κ1) is 12.5. The second-order valence-corrected chi connectivity index (χ2v) is 4.89. The van der Waals surface area contributed by atoms with Gasteiger partial charge in [-0.2, -0.15) is 0 Å². The van der Waals surface area contributed by atoms with Crippen LogP contribution in [0.1, 0.15) is 37.7 Å². The Morgan fingerprint density at radius 3 is 2.94 bits per heavy atom. The Labute approximate surface area is 103 Å².